The van der Waals surface area contributed by atoms with Gasteiger partial charge in [-0.25, -0.2) is 0 Å². The number of rotatable bonds is 5. The van der Waals surface area contributed by atoms with Gasteiger partial charge < -0.3 is 11.1 Å². The van der Waals surface area contributed by atoms with Crippen molar-refractivity contribution in [2.45, 2.75) is 33.2 Å². The molecule has 0 spiro atoms. The van der Waals surface area contributed by atoms with Crippen LogP contribution in [0, 0.1) is 11.8 Å². The molecule has 0 rings (SSSR count). The van der Waals surface area contributed by atoms with Crippen LogP contribution in [0.1, 0.15) is 27.2 Å². The Labute approximate surface area is 70.5 Å². The van der Waals surface area contributed by atoms with E-state index in [4.69, 9.17) is 5.73 Å². The summed E-state index contributed by atoms with van der Waals surface area (Å²) in [7, 11) is 2.03. The number of nitrogens with two attached hydrogens (primary N) is 1. The molecular weight excluding hydrogens is 136 g/mol. The van der Waals surface area contributed by atoms with E-state index in [1.807, 2.05) is 7.05 Å². The van der Waals surface area contributed by atoms with Gasteiger partial charge in [0, 0.05) is 6.04 Å². The third-order valence-corrected chi connectivity index (χ3v) is 2.29. The van der Waals surface area contributed by atoms with E-state index in [1.165, 1.54) is 0 Å². The fraction of sp³-hybridized carbons (Fsp3) is 1.00. The van der Waals surface area contributed by atoms with Crippen LogP contribution in [0.4, 0.5) is 0 Å². The summed E-state index contributed by atoms with van der Waals surface area (Å²) in [6, 6.07) is 0.610. The molecule has 0 aliphatic heterocycles. The first-order valence-electron chi connectivity index (χ1n) is 4.50. The zero-order valence-electron chi connectivity index (χ0n) is 8.22. The van der Waals surface area contributed by atoms with Crippen molar-refractivity contribution < 1.29 is 0 Å². The molecule has 2 nitrogen and oxygen atoms in total. The second kappa shape index (κ2) is 5.56. The van der Waals surface area contributed by atoms with Gasteiger partial charge in [-0.1, -0.05) is 20.8 Å². The molecule has 3 N–H and O–H groups in total. The second-order valence-electron chi connectivity index (χ2n) is 3.61. The number of hydrogen-bond donors (Lipinski definition) is 2. The van der Waals surface area contributed by atoms with Crippen molar-refractivity contribution in [3.8, 4) is 0 Å². The molecule has 0 aliphatic carbocycles. The minimum Gasteiger partial charge on any atom is -0.330 e. The molecule has 11 heavy (non-hydrogen) atoms. The van der Waals surface area contributed by atoms with Crippen molar-refractivity contribution in [2.24, 2.45) is 17.6 Å². The molecule has 0 saturated heterocycles. The Balaban J connectivity index is 3.81. The summed E-state index contributed by atoms with van der Waals surface area (Å²) in [5, 5.41) is 3.33. The minimum atomic E-state index is 0.610. The Morgan fingerprint density at radius 1 is 1.27 bits per heavy atom. The molecule has 0 saturated carbocycles. The SMILES string of the molecule is CNC(C(C)C)C(C)CCN. The average Bonchev–Trinajstić information content (AvgIpc) is 1.88. The predicted molar refractivity (Wildman–Crippen MR) is 50.5 cm³/mol. The molecule has 2 unspecified atom stereocenters. The van der Waals surface area contributed by atoms with Gasteiger partial charge in [0.25, 0.3) is 0 Å². The largest absolute Gasteiger partial charge is 0.330 e. The molecule has 0 aliphatic rings. The highest BCUT2D eigenvalue weighted by Gasteiger charge is 2.17. The summed E-state index contributed by atoms with van der Waals surface area (Å²) in [6.07, 6.45) is 1.11. The van der Waals surface area contributed by atoms with E-state index < -0.39 is 0 Å². The molecule has 0 aromatic heterocycles. The monoisotopic (exact) mass is 158 g/mol. The summed E-state index contributed by atoms with van der Waals surface area (Å²) in [4.78, 5) is 0. The van der Waals surface area contributed by atoms with E-state index in [-0.39, 0.29) is 0 Å². The van der Waals surface area contributed by atoms with Crippen molar-refractivity contribution in [3.05, 3.63) is 0 Å². The summed E-state index contributed by atoms with van der Waals surface area (Å²) in [5.41, 5.74) is 5.49. The van der Waals surface area contributed by atoms with E-state index >= 15 is 0 Å². The lowest BCUT2D eigenvalue weighted by Crippen LogP contribution is -2.37. The predicted octanol–water partition coefficient (Wildman–Crippen LogP) is 1.22. The third kappa shape index (κ3) is 3.73. The van der Waals surface area contributed by atoms with Gasteiger partial charge in [-0.3, -0.25) is 0 Å². The van der Waals surface area contributed by atoms with Crippen molar-refractivity contribution in [1.82, 2.24) is 5.32 Å². The molecule has 0 heterocycles. The van der Waals surface area contributed by atoms with Gasteiger partial charge in [-0.2, -0.15) is 0 Å². The maximum absolute atomic E-state index is 5.49. The molecule has 0 aromatic rings. The van der Waals surface area contributed by atoms with Crippen LogP contribution in [0.3, 0.4) is 0 Å². The van der Waals surface area contributed by atoms with Crippen molar-refractivity contribution in [3.63, 3.8) is 0 Å². The second-order valence-corrected chi connectivity index (χ2v) is 3.61. The van der Waals surface area contributed by atoms with Gasteiger partial charge in [0.1, 0.15) is 0 Å². The highest BCUT2D eigenvalue weighted by molar-refractivity contribution is 4.74. The molecular formula is C9H22N2. The van der Waals surface area contributed by atoms with Crippen LogP contribution in [0.15, 0.2) is 0 Å². The Bertz CT molecular complexity index is 91.6. The van der Waals surface area contributed by atoms with Gasteiger partial charge in [-0.05, 0) is 31.8 Å². The van der Waals surface area contributed by atoms with Crippen LogP contribution in [0.5, 0.6) is 0 Å². The molecule has 0 aromatic carbocycles. The molecule has 0 amide bonds. The fourth-order valence-corrected chi connectivity index (χ4v) is 1.72. The third-order valence-electron chi connectivity index (χ3n) is 2.29. The standard InChI is InChI=1S/C9H22N2/c1-7(2)9(11-4)8(3)5-6-10/h7-9,11H,5-6,10H2,1-4H3. The normalized spacial score (nSPS) is 16.9. The maximum atomic E-state index is 5.49. The zero-order valence-corrected chi connectivity index (χ0v) is 8.22. The van der Waals surface area contributed by atoms with E-state index in [0.717, 1.165) is 13.0 Å². The van der Waals surface area contributed by atoms with E-state index in [2.05, 4.69) is 26.1 Å². The molecule has 0 bridgehead atoms. The van der Waals surface area contributed by atoms with Crippen LogP contribution in [0.2, 0.25) is 0 Å². The molecule has 0 fully saturated rings. The maximum Gasteiger partial charge on any atom is 0.0113 e. The number of nitrogens with one attached hydrogen (secondary N) is 1. The Hall–Kier alpha value is -0.0800. The first-order valence-corrected chi connectivity index (χ1v) is 4.50. The molecule has 0 radical (unpaired) electrons. The first-order chi connectivity index (χ1) is 5.13. The smallest absolute Gasteiger partial charge is 0.0113 e. The quantitative estimate of drug-likeness (QED) is 0.631. The summed E-state index contributed by atoms with van der Waals surface area (Å²) in [6.45, 7) is 7.54. The summed E-state index contributed by atoms with van der Waals surface area (Å²) < 4.78 is 0. The number of hydrogen-bond acceptors (Lipinski definition) is 2. The van der Waals surface area contributed by atoms with Crippen LogP contribution in [-0.4, -0.2) is 19.6 Å². The Morgan fingerprint density at radius 2 is 1.82 bits per heavy atom. The minimum absolute atomic E-state index is 0.610. The van der Waals surface area contributed by atoms with E-state index in [1.54, 1.807) is 0 Å². The zero-order chi connectivity index (χ0) is 8.85. The summed E-state index contributed by atoms with van der Waals surface area (Å²) in [5.74, 6) is 1.38. The fourth-order valence-electron chi connectivity index (χ4n) is 1.72. The average molecular weight is 158 g/mol. The van der Waals surface area contributed by atoms with Crippen molar-refractivity contribution in [2.75, 3.05) is 13.6 Å². The summed E-state index contributed by atoms with van der Waals surface area (Å²) >= 11 is 0. The van der Waals surface area contributed by atoms with Crippen LogP contribution in [0.25, 0.3) is 0 Å². The topological polar surface area (TPSA) is 38.0 Å². The van der Waals surface area contributed by atoms with Gasteiger partial charge in [0.15, 0.2) is 0 Å². The molecule has 2 atom stereocenters. The van der Waals surface area contributed by atoms with Gasteiger partial charge in [0.05, 0.1) is 0 Å². The lowest BCUT2D eigenvalue weighted by molar-refractivity contribution is 0.304. The first kappa shape index (κ1) is 10.9. The molecule has 2 heteroatoms. The lowest BCUT2D eigenvalue weighted by atomic mass is 9.90. The van der Waals surface area contributed by atoms with Gasteiger partial charge in [0.2, 0.25) is 0 Å². The van der Waals surface area contributed by atoms with Crippen LogP contribution < -0.4 is 11.1 Å². The lowest BCUT2D eigenvalue weighted by Gasteiger charge is -2.26. The Morgan fingerprint density at radius 3 is 2.09 bits per heavy atom. The Kier molecular flexibility index (Phi) is 5.51. The van der Waals surface area contributed by atoms with Crippen LogP contribution >= 0.6 is 0 Å². The van der Waals surface area contributed by atoms with E-state index in [9.17, 15) is 0 Å². The highest BCUT2D eigenvalue weighted by Crippen LogP contribution is 2.14. The van der Waals surface area contributed by atoms with Crippen molar-refractivity contribution in [1.29, 1.82) is 0 Å². The highest BCUT2D eigenvalue weighted by atomic mass is 14.9. The molecule has 68 valence electrons. The van der Waals surface area contributed by atoms with Crippen molar-refractivity contribution >= 4 is 0 Å². The van der Waals surface area contributed by atoms with E-state index in [0.29, 0.717) is 17.9 Å². The van der Waals surface area contributed by atoms with Gasteiger partial charge in [-0.15, -0.1) is 0 Å². The van der Waals surface area contributed by atoms with Crippen LogP contribution in [-0.2, 0) is 0 Å². The van der Waals surface area contributed by atoms with Gasteiger partial charge >= 0.3 is 0 Å².